The predicted octanol–water partition coefficient (Wildman–Crippen LogP) is 4.47. The maximum atomic E-state index is 6.25. The zero-order chi connectivity index (χ0) is 13.9. The van der Waals surface area contributed by atoms with E-state index in [4.69, 9.17) is 16.3 Å². The largest absolute Gasteiger partial charge is 0.435 e. The van der Waals surface area contributed by atoms with E-state index in [2.05, 4.69) is 11.5 Å². The van der Waals surface area contributed by atoms with Crippen LogP contribution < -0.4 is 0 Å². The maximum Gasteiger partial charge on any atom is 0.292 e. The van der Waals surface area contributed by atoms with Crippen molar-refractivity contribution in [2.75, 3.05) is 6.73 Å². The number of ether oxygens (including phenoxy) is 1. The summed E-state index contributed by atoms with van der Waals surface area (Å²) in [7, 11) is 0. The molecule has 0 spiro atoms. The van der Waals surface area contributed by atoms with Gasteiger partial charge in [0.05, 0.1) is 0 Å². The van der Waals surface area contributed by atoms with Gasteiger partial charge < -0.3 is 4.74 Å². The fourth-order valence-corrected chi connectivity index (χ4v) is 2.48. The van der Waals surface area contributed by atoms with Crippen molar-refractivity contribution in [2.45, 2.75) is 6.92 Å². The highest BCUT2D eigenvalue weighted by Gasteiger charge is 2.22. The van der Waals surface area contributed by atoms with Gasteiger partial charge in [-0.1, -0.05) is 54.1 Å². The third kappa shape index (κ3) is 2.47. The fourth-order valence-electron chi connectivity index (χ4n) is 2.24. The van der Waals surface area contributed by atoms with Crippen molar-refractivity contribution in [1.29, 1.82) is 0 Å². The smallest absolute Gasteiger partial charge is 0.292 e. The number of para-hydroxylation sites is 1. The first kappa shape index (κ1) is 12.9. The van der Waals surface area contributed by atoms with Crippen molar-refractivity contribution in [3.8, 4) is 0 Å². The second-order valence-electron chi connectivity index (χ2n) is 4.67. The first-order valence-corrected chi connectivity index (χ1v) is 6.89. The minimum atomic E-state index is 0.469. The van der Waals surface area contributed by atoms with Crippen molar-refractivity contribution in [3.63, 3.8) is 0 Å². The van der Waals surface area contributed by atoms with Gasteiger partial charge >= 0.3 is 0 Å². The van der Waals surface area contributed by atoms with E-state index in [-0.39, 0.29) is 0 Å². The molecule has 0 saturated carbocycles. The zero-order valence-electron chi connectivity index (χ0n) is 11.2. The lowest BCUT2D eigenvalue weighted by Crippen LogP contribution is -2.21. The second-order valence-corrected chi connectivity index (χ2v) is 5.08. The van der Waals surface area contributed by atoms with E-state index in [0.29, 0.717) is 6.73 Å². The van der Waals surface area contributed by atoms with Gasteiger partial charge in [-0.2, -0.15) is 4.58 Å². The van der Waals surface area contributed by atoms with Crippen LogP contribution in [-0.4, -0.2) is 17.0 Å². The van der Waals surface area contributed by atoms with Gasteiger partial charge in [-0.25, -0.2) is 0 Å². The minimum absolute atomic E-state index is 0.469. The molecule has 100 valence electrons. The Kier molecular flexibility index (Phi) is 3.57. The molecule has 2 nitrogen and oxygen atoms in total. The molecule has 0 fully saturated rings. The van der Waals surface area contributed by atoms with E-state index >= 15 is 0 Å². The number of hydrogen-bond donors (Lipinski definition) is 0. The van der Waals surface area contributed by atoms with Crippen molar-refractivity contribution in [3.05, 3.63) is 71.3 Å². The highest BCUT2D eigenvalue weighted by molar-refractivity contribution is 6.32. The zero-order valence-corrected chi connectivity index (χ0v) is 12.0. The summed E-state index contributed by atoms with van der Waals surface area (Å²) in [6.45, 7) is 2.53. The quantitative estimate of drug-likeness (QED) is 0.741. The Bertz CT molecular complexity index is 689. The van der Waals surface area contributed by atoms with Gasteiger partial charge in [0.1, 0.15) is 10.8 Å². The predicted molar refractivity (Wildman–Crippen MR) is 82.4 cm³/mol. The monoisotopic (exact) mass is 284 g/mol. The Morgan fingerprint density at radius 3 is 2.40 bits per heavy atom. The molecule has 3 rings (SSSR count). The molecule has 0 bridgehead atoms. The Morgan fingerprint density at radius 1 is 1.00 bits per heavy atom. The topological polar surface area (TPSA) is 12.2 Å². The SMILES string of the molecule is CC1=[N+](c2ccccc2Cl)COC(c2ccccc2)=C1. The van der Waals surface area contributed by atoms with Crippen LogP contribution in [0.1, 0.15) is 12.5 Å². The molecule has 3 heteroatoms. The van der Waals surface area contributed by atoms with Gasteiger partial charge in [0.2, 0.25) is 5.69 Å². The number of halogens is 1. The summed E-state index contributed by atoms with van der Waals surface area (Å²) in [6.07, 6.45) is 2.04. The summed E-state index contributed by atoms with van der Waals surface area (Å²) in [5, 5.41) is 0.729. The highest BCUT2D eigenvalue weighted by Crippen LogP contribution is 2.27. The number of benzene rings is 2. The van der Waals surface area contributed by atoms with E-state index in [9.17, 15) is 0 Å². The van der Waals surface area contributed by atoms with E-state index in [1.54, 1.807) is 0 Å². The third-order valence-corrected chi connectivity index (χ3v) is 3.64. The molecule has 0 N–H and O–H groups in total. The van der Waals surface area contributed by atoms with E-state index in [1.807, 2.05) is 60.7 Å². The van der Waals surface area contributed by atoms with Crippen molar-refractivity contribution in [2.24, 2.45) is 0 Å². The molecule has 0 amide bonds. The van der Waals surface area contributed by atoms with Crippen LogP contribution in [0.4, 0.5) is 5.69 Å². The first-order valence-electron chi connectivity index (χ1n) is 6.51. The Labute approximate surface area is 123 Å². The molecule has 0 aliphatic carbocycles. The van der Waals surface area contributed by atoms with Gasteiger partial charge in [-0.05, 0) is 6.07 Å². The van der Waals surface area contributed by atoms with Crippen LogP contribution in [0.25, 0.3) is 5.76 Å². The van der Waals surface area contributed by atoms with Gasteiger partial charge in [-0.15, -0.1) is 0 Å². The number of hydrogen-bond acceptors (Lipinski definition) is 1. The molecular formula is C17H15ClNO+. The minimum Gasteiger partial charge on any atom is -0.435 e. The lowest BCUT2D eigenvalue weighted by atomic mass is 10.1. The summed E-state index contributed by atoms with van der Waals surface area (Å²) in [5.41, 5.74) is 3.17. The summed E-state index contributed by atoms with van der Waals surface area (Å²) < 4.78 is 7.93. The van der Waals surface area contributed by atoms with Crippen LogP contribution in [0.2, 0.25) is 5.02 Å². The lowest BCUT2D eigenvalue weighted by molar-refractivity contribution is -0.484. The fraction of sp³-hybridized carbons (Fsp3) is 0.118. The molecule has 1 aliphatic heterocycles. The lowest BCUT2D eigenvalue weighted by Gasteiger charge is -2.15. The van der Waals surface area contributed by atoms with E-state index < -0.39 is 0 Å². The Morgan fingerprint density at radius 2 is 1.70 bits per heavy atom. The molecule has 0 atom stereocenters. The number of allylic oxidation sites excluding steroid dienone is 1. The van der Waals surface area contributed by atoms with Crippen LogP contribution >= 0.6 is 11.6 Å². The Hall–Kier alpha value is -2.06. The van der Waals surface area contributed by atoms with Gasteiger partial charge in [0.25, 0.3) is 6.73 Å². The molecule has 0 unspecified atom stereocenters. The van der Waals surface area contributed by atoms with E-state index in [1.165, 1.54) is 0 Å². The summed E-state index contributed by atoms with van der Waals surface area (Å²) in [4.78, 5) is 0. The van der Waals surface area contributed by atoms with Gasteiger partial charge in [0, 0.05) is 24.6 Å². The normalized spacial score (nSPS) is 14.8. The Balaban J connectivity index is 2.00. The standard InChI is InChI=1S/C17H15ClNO/c1-13-11-17(14-7-3-2-4-8-14)20-12-19(13)16-10-6-5-9-15(16)18/h2-11H,12H2,1H3/q+1. The van der Waals surface area contributed by atoms with Crippen LogP contribution in [0.3, 0.4) is 0 Å². The molecule has 1 heterocycles. The average molecular weight is 285 g/mol. The first-order chi connectivity index (χ1) is 9.75. The molecular weight excluding hydrogens is 270 g/mol. The van der Waals surface area contributed by atoms with Crippen LogP contribution in [-0.2, 0) is 4.74 Å². The van der Waals surface area contributed by atoms with E-state index in [0.717, 1.165) is 27.7 Å². The van der Waals surface area contributed by atoms with Gasteiger partial charge in [0.15, 0.2) is 5.71 Å². The summed E-state index contributed by atoms with van der Waals surface area (Å²) >= 11 is 6.25. The molecule has 0 saturated heterocycles. The summed E-state index contributed by atoms with van der Waals surface area (Å²) in [6, 6.07) is 17.9. The maximum absolute atomic E-state index is 6.25. The third-order valence-electron chi connectivity index (χ3n) is 3.32. The van der Waals surface area contributed by atoms with Crippen LogP contribution in [0.5, 0.6) is 0 Å². The average Bonchev–Trinajstić information content (AvgIpc) is 2.49. The molecule has 0 radical (unpaired) electrons. The van der Waals surface area contributed by atoms with Crippen molar-refractivity contribution >= 4 is 28.8 Å². The number of rotatable bonds is 2. The molecule has 20 heavy (non-hydrogen) atoms. The molecule has 0 aromatic heterocycles. The molecule has 2 aromatic carbocycles. The van der Waals surface area contributed by atoms with Crippen LogP contribution in [0, 0.1) is 0 Å². The second kappa shape index (κ2) is 5.51. The van der Waals surface area contributed by atoms with Crippen LogP contribution in [0.15, 0.2) is 60.7 Å². The summed E-state index contributed by atoms with van der Waals surface area (Å²) in [5.74, 6) is 0.895. The molecule has 1 aliphatic rings. The number of nitrogens with zero attached hydrogens (tertiary/aromatic N) is 1. The van der Waals surface area contributed by atoms with Crippen molar-refractivity contribution < 1.29 is 9.31 Å². The van der Waals surface area contributed by atoms with Crippen molar-refractivity contribution in [1.82, 2.24) is 0 Å². The van der Waals surface area contributed by atoms with Gasteiger partial charge in [-0.3, -0.25) is 0 Å². The molecule has 2 aromatic rings. The highest BCUT2D eigenvalue weighted by atomic mass is 35.5.